The number of amides is 1. The number of pyridine rings is 1. The van der Waals surface area contributed by atoms with Crippen LogP contribution in [0, 0.1) is 0 Å². The fraction of sp³-hybridized carbons (Fsp3) is 0.200. The lowest BCUT2D eigenvalue weighted by molar-refractivity contribution is 0.0827. The summed E-state index contributed by atoms with van der Waals surface area (Å²) in [5.41, 5.74) is 3.04. The van der Waals surface area contributed by atoms with Crippen molar-refractivity contribution in [2.75, 3.05) is 26.5 Å². The quantitative estimate of drug-likeness (QED) is 0.684. The van der Waals surface area contributed by atoms with Crippen molar-refractivity contribution in [3.63, 3.8) is 0 Å². The van der Waals surface area contributed by atoms with Gasteiger partial charge in [0.15, 0.2) is 0 Å². The lowest BCUT2D eigenvalue weighted by Crippen LogP contribution is -2.21. The van der Waals surface area contributed by atoms with E-state index in [-0.39, 0.29) is 5.91 Å². The van der Waals surface area contributed by atoms with E-state index in [1.165, 1.54) is 4.90 Å². The Kier molecular flexibility index (Phi) is 5.28. The molecule has 0 bridgehead atoms. The maximum absolute atomic E-state index is 12.2. The molecule has 3 aromatic rings. The van der Waals surface area contributed by atoms with Crippen LogP contribution in [0.5, 0.6) is 5.75 Å². The van der Waals surface area contributed by atoms with Crippen molar-refractivity contribution >= 4 is 34.1 Å². The van der Waals surface area contributed by atoms with E-state index in [1.807, 2.05) is 30.3 Å². The SMILES string of the molecule is COc1ccc(C(=O)N(C)C)cc1NCc1cc2ccccc2nc1Cl. The first kappa shape index (κ1) is 18.0. The number of carbonyl (C=O) groups is 1. The van der Waals surface area contributed by atoms with Gasteiger partial charge in [0, 0.05) is 37.2 Å². The average molecular weight is 370 g/mol. The van der Waals surface area contributed by atoms with Crippen LogP contribution in [0.2, 0.25) is 5.15 Å². The maximum atomic E-state index is 12.2. The van der Waals surface area contributed by atoms with E-state index in [2.05, 4.69) is 10.3 Å². The smallest absolute Gasteiger partial charge is 0.253 e. The fourth-order valence-electron chi connectivity index (χ4n) is 2.69. The molecule has 26 heavy (non-hydrogen) atoms. The van der Waals surface area contributed by atoms with Crippen molar-refractivity contribution in [1.29, 1.82) is 0 Å². The predicted molar refractivity (Wildman–Crippen MR) is 105 cm³/mol. The van der Waals surface area contributed by atoms with Crippen molar-refractivity contribution in [1.82, 2.24) is 9.88 Å². The van der Waals surface area contributed by atoms with Gasteiger partial charge in [-0.15, -0.1) is 0 Å². The van der Waals surface area contributed by atoms with E-state index in [0.29, 0.717) is 23.0 Å². The average Bonchev–Trinajstić information content (AvgIpc) is 2.65. The number of ether oxygens (including phenoxy) is 1. The molecule has 0 aliphatic carbocycles. The van der Waals surface area contributed by atoms with Crippen molar-refractivity contribution in [2.45, 2.75) is 6.54 Å². The van der Waals surface area contributed by atoms with Gasteiger partial charge in [-0.2, -0.15) is 0 Å². The molecule has 134 valence electrons. The zero-order chi connectivity index (χ0) is 18.7. The number of nitrogens with one attached hydrogen (secondary N) is 1. The third kappa shape index (κ3) is 3.73. The molecule has 1 aromatic heterocycles. The first-order chi connectivity index (χ1) is 12.5. The molecule has 3 rings (SSSR count). The van der Waals surface area contributed by atoms with E-state index in [0.717, 1.165) is 22.2 Å². The number of methoxy groups -OCH3 is 1. The summed E-state index contributed by atoms with van der Waals surface area (Å²) in [7, 11) is 5.04. The van der Waals surface area contributed by atoms with Gasteiger partial charge in [-0.1, -0.05) is 29.8 Å². The Balaban J connectivity index is 1.88. The minimum absolute atomic E-state index is 0.0684. The van der Waals surface area contributed by atoms with E-state index >= 15 is 0 Å². The molecule has 0 saturated heterocycles. The minimum Gasteiger partial charge on any atom is -0.495 e. The zero-order valence-corrected chi connectivity index (χ0v) is 15.7. The molecule has 5 nitrogen and oxygen atoms in total. The second-order valence-corrected chi connectivity index (χ2v) is 6.46. The maximum Gasteiger partial charge on any atom is 0.253 e. The molecule has 0 radical (unpaired) electrons. The van der Waals surface area contributed by atoms with Crippen LogP contribution in [-0.4, -0.2) is 37.0 Å². The first-order valence-corrected chi connectivity index (χ1v) is 8.55. The van der Waals surface area contributed by atoms with Crippen molar-refractivity contribution < 1.29 is 9.53 Å². The number of hydrogen-bond acceptors (Lipinski definition) is 4. The van der Waals surface area contributed by atoms with Gasteiger partial charge in [0.05, 0.1) is 18.3 Å². The van der Waals surface area contributed by atoms with Crippen LogP contribution < -0.4 is 10.1 Å². The Morgan fingerprint density at radius 3 is 2.69 bits per heavy atom. The van der Waals surface area contributed by atoms with Crippen LogP contribution in [-0.2, 0) is 6.54 Å². The van der Waals surface area contributed by atoms with Gasteiger partial charge in [0.1, 0.15) is 10.9 Å². The van der Waals surface area contributed by atoms with Gasteiger partial charge >= 0.3 is 0 Å². The third-order valence-electron chi connectivity index (χ3n) is 4.07. The van der Waals surface area contributed by atoms with Crippen molar-refractivity contribution in [3.8, 4) is 5.75 Å². The number of nitrogens with zero attached hydrogens (tertiary/aromatic N) is 2. The van der Waals surface area contributed by atoms with Gasteiger partial charge in [-0.3, -0.25) is 4.79 Å². The normalized spacial score (nSPS) is 10.6. The Morgan fingerprint density at radius 1 is 1.19 bits per heavy atom. The predicted octanol–water partition coefficient (Wildman–Crippen LogP) is 4.21. The lowest BCUT2D eigenvalue weighted by Gasteiger charge is -2.15. The number of carbonyl (C=O) groups excluding carboxylic acids is 1. The molecule has 1 N–H and O–H groups in total. The summed E-state index contributed by atoms with van der Waals surface area (Å²) < 4.78 is 5.39. The molecule has 1 heterocycles. The number of aromatic nitrogens is 1. The molecule has 0 atom stereocenters. The highest BCUT2D eigenvalue weighted by molar-refractivity contribution is 6.30. The summed E-state index contributed by atoms with van der Waals surface area (Å²) in [5, 5.41) is 4.78. The molecule has 1 amide bonds. The van der Waals surface area contributed by atoms with Gasteiger partial charge in [-0.05, 0) is 30.3 Å². The molecule has 0 aliphatic rings. The molecule has 0 spiro atoms. The molecule has 2 aromatic carbocycles. The summed E-state index contributed by atoms with van der Waals surface area (Å²) >= 11 is 6.32. The minimum atomic E-state index is -0.0684. The van der Waals surface area contributed by atoms with Crippen molar-refractivity contribution in [2.24, 2.45) is 0 Å². The number of anilines is 1. The van der Waals surface area contributed by atoms with E-state index < -0.39 is 0 Å². The zero-order valence-electron chi connectivity index (χ0n) is 14.9. The van der Waals surface area contributed by atoms with Crippen LogP contribution in [0.25, 0.3) is 10.9 Å². The summed E-state index contributed by atoms with van der Waals surface area (Å²) in [6.07, 6.45) is 0. The lowest BCUT2D eigenvalue weighted by atomic mass is 10.1. The van der Waals surface area contributed by atoms with Crippen LogP contribution >= 0.6 is 11.6 Å². The molecular weight excluding hydrogens is 350 g/mol. The Hall–Kier alpha value is -2.79. The fourth-order valence-corrected chi connectivity index (χ4v) is 2.90. The Morgan fingerprint density at radius 2 is 1.96 bits per heavy atom. The Labute approximate surface area is 157 Å². The number of halogens is 1. The monoisotopic (exact) mass is 369 g/mol. The van der Waals surface area contributed by atoms with E-state index in [4.69, 9.17) is 16.3 Å². The van der Waals surface area contributed by atoms with Gasteiger partial charge < -0.3 is 15.0 Å². The van der Waals surface area contributed by atoms with Crippen molar-refractivity contribution in [3.05, 3.63) is 64.8 Å². The number of fused-ring (bicyclic) bond motifs is 1. The summed E-state index contributed by atoms with van der Waals surface area (Å²) in [5.74, 6) is 0.589. The van der Waals surface area contributed by atoms with Crippen LogP contribution in [0.4, 0.5) is 5.69 Å². The first-order valence-electron chi connectivity index (χ1n) is 8.17. The third-order valence-corrected chi connectivity index (χ3v) is 4.40. The highest BCUT2D eigenvalue weighted by Crippen LogP contribution is 2.28. The van der Waals surface area contributed by atoms with E-state index in [1.54, 1.807) is 39.4 Å². The van der Waals surface area contributed by atoms with Gasteiger partial charge in [0.2, 0.25) is 0 Å². The standard InChI is InChI=1S/C20H20ClN3O2/c1-24(2)20(25)14-8-9-18(26-3)17(11-14)22-12-15-10-13-6-4-5-7-16(13)23-19(15)21/h4-11,22H,12H2,1-3H3. The summed E-state index contributed by atoms with van der Waals surface area (Å²) in [4.78, 5) is 18.2. The number of rotatable bonds is 5. The van der Waals surface area contributed by atoms with Gasteiger partial charge in [-0.25, -0.2) is 4.98 Å². The molecular formula is C20H20ClN3O2. The molecule has 0 fully saturated rings. The number of benzene rings is 2. The highest BCUT2D eigenvalue weighted by atomic mass is 35.5. The topological polar surface area (TPSA) is 54.5 Å². The second kappa shape index (κ2) is 7.62. The summed E-state index contributed by atoms with van der Waals surface area (Å²) in [6.45, 7) is 0.465. The Bertz CT molecular complexity index is 957. The number of hydrogen-bond donors (Lipinski definition) is 1. The molecule has 0 unspecified atom stereocenters. The molecule has 0 saturated carbocycles. The van der Waals surface area contributed by atoms with E-state index in [9.17, 15) is 4.79 Å². The van der Waals surface area contributed by atoms with Crippen LogP contribution in [0.15, 0.2) is 48.5 Å². The molecule has 0 aliphatic heterocycles. The second-order valence-electron chi connectivity index (χ2n) is 6.10. The largest absolute Gasteiger partial charge is 0.495 e. The molecule has 6 heteroatoms. The summed E-state index contributed by atoms with van der Waals surface area (Å²) in [6, 6.07) is 15.1. The van der Waals surface area contributed by atoms with Gasteiger partial charge in [0.25, 0.3) is 5.91 Å². The van der Waals surface area contributed by atoms with Crippen LogP contribution in [0.1, 0.15) is 15.9 Å². The number of para-hydroxylation sites is 1. The highest BCUT2D eigenvalue weighted by Gasteiger charge is 2.12. The van der Waals surface area contributed by atoms with Crippen LogP contribution in [0.3, 0.4) is 0 Å².